The van der Waals surface area contributed by atoms with Gasteiger partial charge in [0, 0.05) is 6.54 Å². The Balaban J connectivity index is 2.54. The van der Waals surface area contributed by atoms with Crippen molar-refractivity contribution in [1.29, 1.82) is 0 Å². The van der Waals surface area contributed by atoms with Crippen LogP contribution in [0.2, 0.25) is 0 Å². The fourth-order valence-electron chi connectivity index (χ4n) is 1.34. The van der Waals surface area contributed by atoms with Gasteiger partial charge in [-0.05, 0) is 19.1 Å². The first-order valence-corrected chi connectivity index (χ1v) is 7.45. The van der Waals surface area contributed by atoms with E-state index in [1.165, 1.54) is 19.1 Å². The molecular weight excluding hydrogens is 303 g/mol. The smallest absolute Gasteiger partial charge is 0.307 e. The van der Waals surface area contributed by atoms with Crippen LogP contribution in [-0.2, 0) is 24.3 Å². The van der Waals surface area contributed by atoms with Gasteiger partial charge in [0.1, 0.15) is 10.7 Å². The molecule has 0 heterocycles. The summed E-state index contributed by atoms with van der Waals surface area (Å²) in [5.41, 5.74) is 4.91. The molecule has 0 spiro atoms. The van der Waals surface area contributed by atoms with Crippen LogP contribution in [0.15, 0.2) is 29.2 Å². The zero-order valence-electron chi connectivity index (χ0n) is 11.2. The van der Waals surface area contributed by atoms with Crippen molar-refractivity contribution in [1.82, 2.24) is 4.72 Å². The number of carbonyl (C=O) groups is 2. The first kappa shape index (κ1) is 17.1. The van der Waals surface area contributed by atoms with Crippen LogP contribution in [0, 0.1) is 5.82 Å². The Morgan fingerprint density at radius 3 is 2.57 bits per heavy atom. The van der Waals surface area contributed by atoms with Gasteiger partial charge in [0.15, 0.2) is 6.10 Å². The number of primary amides is 1. The van der Waals surface area contributed by atoms with E-state index in [0.29, 0.717) is 0 Å². The summed E-state index contributed by atoms with van der Waals surface area (Å²) in [6.07, 6.45) is -1.41. The molecule has 0 fully saturated rings. The normalized spacial score (nSPS) is 12.7. The largest absolute Gasteiger partial charge is 0.453 e. The number of halogens is 1. The highest BCUT2D eigenvalue weighted by Gasteiger charge is 2.19. The molecule has 7 nitrogen and oxygen atoms in total. The molecular formula is C12H15FN2O5S. The second kappa shape index (κ2) is 7.14. The summed E-state index contributed by atoms with van der Waals surface area (Å²) in [5.74, 6) is -2.50. The van der Waals surface area contributed by atoms with E-state index < -0.39 is 38.7 Å². The lowest BCUT2D eigenvalue weighted by molar-refractivity contribution is -0.153. The van der Waals surface area contributed by atoms with Crippen LogP contribution in [0.4, 0.5) is 4.39 Å². The molecule has 0 radical (unpaired) electrons. The molecule has 0 saturated heterocycles. The minimum absolute atomic E-state index is 0.291. The second-order valence-corrected chi connectivity index (χ2v) is 5.85. The summed E-state index contributed by atoms with van der Waals surface area (Å²) in [6.45, 7) is 1.00. The van der Waals surface area contributed by atoms with E-state index in [4.69, 9.17) is 5.73 Å². The Morgan fingerprint density at radius 2 is 2.00 bits per heavy atom. The second-order valence-electron chi connectivity index (χ2n) is 4.11. The van der Waals surface area contributed by atoms with Gasteiger partial charge in [0.05, 0.1) is 6.42 Å². The van der Waals surface area contributed by atoms with Gasteiger partial charge >= 0.3 is 5.97 Å². The lowest BCUT2D eigenvalue weighted by Gasteiger charge is -2.10. The minimum atomic E-state index is -4.06. The topological polar surface area (TPSA) is 116 Å². The number of hydrogen-bond acceptors (Lipinski definition) is 5. The van der Waals surface area contributed by atoms with Crippen molar-refractivity contribution in [3.8, 4) is 0 Å². The molecule has 0 saturated carbocycles. The van der Waals surface area contributed by atoms with Gasteiger partial charge in [-0.15, -0.1) is 0 Å². The number of sulfonamides is 1. The number of carbonyl (C=O) groups excluding carboxylic acids is 2. The van der Waals surface area contributed by atoms with Crippen LogP contribution in [0.1, 0.15) is 13.3 Å². The number of amides is 1. The molecule has 1 atom stereocenters. The maximum Gasteiger partial charge on any atom is 0.307 e. The van der Waals surface area contributed by atoms with Crippen molar-refractivity contribution in [3.05, 3.63) is 30.1 Å². The molecule has 0 bridgehead atoms. The van der Waals surface area contributed by atoms with Gasteiger partial charge in [-0.2, -0.15) is 0 Å². The molecule has 1 rings (SSSR count). The molecule has 3 N–H and O–H groups in total. The molecule has 0 aliphatic rings. The Labute approximate surface area is 121 Å². The summed E-state index contributed by atoms with van der Waals surface area (Å²) in [7, 11) is -4.06. The van der Waals surface area contributed by atoms with E-state index in [1.54, 1.807) is 0 Å². The van der Waals surface area contributed by atoms with Gasteiger partial charge < -0.3 is 10.5 Å². The molecule has 1 aromatic carbocycles. The summed E-state index contributed by atoms with van der Waals surface area (Å²) < 4.78 is 43.6. The Morgan fingerprint density at radius 1 is 1.38 bits per heavy atom. The molecule has 0 aromatic heterocycles. The lowest BCUT2D eigenvalue weighted by atomic mass is 10.3. The Hall–Kier alpha value is -2.00. The number of nitrogens with one attached hydrogen (secondary N) is 1. The number of hydrogen-bond donors (Lipinski definition) is 2. The summed E-state index contributed by atoms with van der Waals surface area (Å²) >= 11 is 0. The van der Waals surface area contributed by atoms with Crippen LogP contribution in [0.25, 0.3) is 0 Å². The van der Waals surface area contributed by atoms with Crippen molar-refractivity contribution in [2.45, 2.75) is 24.3 Å². The molecule has 116 valence electrons. The third-order valence-corrected chi connectivity index (χ3v) is 3.95. The van der Waals surface area contributed by atoms with Crippen LogP contribution in [0.3, 0.4) is 0 Å². The number of rotatable bonds is 7. The van der Waals surface area contributed by atoms with E-state index in [1.807, 2.05) is 0 Å². The Kier molecular flexibility index (Phi) is 5.79. The van der Waals surface area contributed by atoms with Crippen LogP contribution < -0.4 is 10.5 Å². The number of nitrogens with two attached hydrogens (primary N) is 1. The number of benzene rings is 1. The summed E-state index contributed by atoms with van der Waals surface area (Å²) in [6, 6.07) is 4.85. The highest BCUT2D eigenvalue weighted by Crippen LogP contribution is 2.12. The first-order chi connectivity index (χ1) is 9.74. The molecule has 0 aliphatic carbocycles. The lowest BCUT2D eigenvalue weighted by Crippen LogP contribution is -2.32. The van der Waals surface area contributed by atoms with Crippen LogP contribution in [0.5, 0.6) is 0 Å². The van der Waals surface area contributed by atoms with E-state index >= 15 is 0 Å². The molecule has 21 heavy (non-hydrogen) atoms. The molecule has 1 aromatic rings. The van der Waals surface area contributed by atoms with Gasteiger partial charge in [0.25, 0.3) is 5.91 Å². The first-order valence-electron chi connectivity index (χ1n) is 5.97. The monoisotopic (exact) mass is 318 g/mol. The summed E-state index contributed by atoms with van der Waals surface area (Å²) in [5, 5.41) is 0. The molecule has 1 amide bonds. The zero-order valence-corrected chi connectivity index (χ0v) is 12.0. The third-order valence-electron chi connectivity index (χ3n) is 2.46. The van der Waals surface area contributed by atoms with Crippen molar-refractivity contribution >= 4 is 21.9 Å². The molecule has 9 heteroatoms. The van der Waals surface area contributed by atoms with Crippen LogP contribution in [-0.4, -0.2) is 32.9 Å². The number of esters is 1. The van der Waals surface area contributed by atoms with Crippen molar-refractivity contribution in [2.75, 3.05) is 6.54 Å². The van der Waals surface area contributed by atoms with Crippen molar-refractivity contribution < 1.29 is 27.1 Å². The van der Waals surface area contributed by atoms with Gasteiger partial charge in [-0.25, -0.2) is 17.5 Å². The van der Waals surface area contributed by atoms with Gasteiger partial charge in [0.2, 0.25) is 10.0 Å². The molecule has 0 unspecified atom stereocenters. The highest BCUT2D eigenvalue weighted by molar-refractivity contribution is 7.89. The zero-order chi connectivity index (χ0) is 16.0. The fourth-order valence-corrected chi connectivity index (χ4v) is 2.45. The van der Waals surface area contributed by atoms with E-state index in [2.05, 4.69) is 9.46 Å². The minimum Gasteiger partial charge on any atom is -0.453 e. The quantitative estimate of drug-likeness (QED) is 0.682. The Bertz CT molecular complexity index is 632. The molecule has 0 aliphatic heterocycles. The average Bonchev–Trinajstić information content (AvgIpc) is 2.38. The predicted octanol–water partition coefficient (Wildman–Crippen LogP) is -0.0889. The average molecular weight is 318 g/mol. The van der Waals surface area contributed by atoms with E-state index in [9.17, 15) is 22.4 Å². The standard InChI is InChI=1S/C12H15FN2O5S/c1-8(12(14)17)20-11(16)6-7-15-21(18,19)10-5-3-2-4-9(10)13/h2-5,8,15H,6-7H2,1H3,(H2,14,17)/t8-/m0/s1. The van der Waals surface area contributed by atoms with E-state index in [-0.39, 0.29) is 13.0 Å². The summed E-state index contributed by atoms with van der Waals surface area (Å²) in [4.78, 5) is 21.5. The SMILES string of the molecule is C[C@H](OC(=O)CCNS(=O)(=O)c1ccccc1F)C(N)=O. The maximum absolute atomic E-state index is 13.4. The number of ether oxygens (including phenoxy) is 1. The predicted molar refractivity (Wildman–Crippen MR) is 71.0 cm³/mol. The van der Waals surface area contributed by atoms with Crippen molar-refractivity contribution in [3.63, 3.8) is 0 Å². The van der Waals surface area contributed by atoms with Gasteiger partial charge in [-0.3, -0.25) is 9.59 Å². The van der Waals surface area contributed by atoms with E-state index in [0.717, 1.165) is 12.1 Å². The maximum atomic E-state index is 13.4. The fraction of sp³-hybridized carbons (Fsp3) is 0.333. The van der Waals surface area contributed by atoms with Crippen LogP contribution >= 0.6 is 0 Å². The third kappa shape index (κ3) is 5.12. The van der Waals surface area contributed by atoms with Crippen molar-refractivity contribution in [2.24, 2.45) is 5.73 Å². The van der Waals surface area contributed by atoms with Gasteiger partial charge in [-0.1, -0.05) is 12.1 Å². The highest BCUT2D eigenvalue weighted by atomic mass is 32.2.